The summed E-state index contributed by atoms with van der Waals surface area (Å²) in [5, 5.41) is 7.67. The van der Waals surface area contributed by atoms with E-state index in [1.807, 2.05) is 0 Å². The molecular formula is C21H16Cl3N3O4. The Morgan fingerprint density at radius 1 is 1.10 bits per heavy atom. The second-order valence-electron chi connectivity index (χ2n) is 6.05. The molecule has 160 valence electrons. The Balaban J connectivity index is 1.85. The number of carbonyl (C=O) groups is 2. The van der Waals surface area contributed by atoms with Crippen molar-refractivity contribution in [3.05, 3.63) is 80.5 Å². The Morgan fingerprint density at radius 2 is 1.81 bits per heavy atom. The zero-order chi connectivity index (χ0) is 22.4. The first kappa shape index (κ1) is 22.7. The van der Waals surface area contributed by atoms with E-state index >= 15 is 0 Å². The van der Waals surface area contributed by atoms with Crippen LogP contribution in [0.4, 0.5) is 11.6 Å². The van der Waals surface area contributed by atoms with Crippen LogP contribution in [0.15, 0.2) is 58.0 Å². The molecule has 7 nitrogen and oxygen atoms in total. The van der Waals surface area contributed by atoms with Crippen LogP contribution in [-0.2, 0) is 4.74 Å². The van der Waals surface area contributed by atoms with Gasteiger partial charge in [0.05, 0.1) is 12.8 Å². The molecule has 0 atom stereocenters. The zero-order valence-electron chi connectivity index (χ0n) is 16.1. The van der Waals surface area contributed by atoms with Crippen molar-refractivity contribution in [2.75, 3.05) is 11.9 Å². The number of anilines is 2. The molecule has 0 fully saturated rings. The van der Waals surface area contributed by atoms with Crippen molar-refractivity contribution in [2.45, 2.75) is 6.92 Å². The summed E-state index contributed by atoms with van der Waals surface area (Å²) in [6, 6.07) is 13.2. The normalized spacial score (nSPS) is 10.8. The minimum Gasteiger partial charge on any atom is -0.462 e. The summed E-state index contributed by atoms with van der Waals surface area (Å²) in [5.74, 6) is -1.07. The highest BCUT2D eigenvalue weighted by atomic mass is 35.5. The molecule has 10 heteroatoms. The second-order valence-corrected chi connectivity index (χ2v) is 7.30. The Labute approximate surface area is 192 Å². The summed E-state index contributed by atoms with van der Waals surface area (Å²) in [6.07, 6.45) is 1.18. The molecule has 0 radical (unpaired) electrons. The average Bonchev–Trinajstić information content (AvgIpc) is 3.03. The Kier molecular flexibility index (Phi) is 7.57. The standard InChI is InChI=1S/C21H16Cl3N3O4/c1-2-30-21(29)17-18(24)16(31-20(17)26-15-8-4-7-14(23)10-15)11-25-27-19(28)12-5-3-6-13(22)9-12/h3-11,26H,2H2,1H3,(H,27,28)/b25-11-. The van der Waals surface area contributed by atoms with Gasteiger partial charge in [-0.3, -0.25) is 4.79 Å². The van der Waals surface area contributed by atoms with Crippen molar-refractivity contribution in [1.29, 1.82) is 0 Å². The summed E-state index contributed by atoms with van der Waals surface area (Å²) < 4.78 is 10.7. The molecule has 1 amide bonds. The number of carbonyl (C=O) groups excluding carboxylic acids is 2. The average molecular weight is 481 g/mol. The van der Waals surface area contributed by atoms with E-state index in [-0.39, 0.29) is 28.8 Å². The minimum absolute atomic E-state index is 0.00823. The van der Waals surface area contributed by atoms with Crippen molar-refractivity contribution in [3.8, 4) is 0 Å². The molecule has 0 saturated carbocycles. The van der Waals surface area contributed by atoms with Crippen molar-refractivity contribution in [2.24, 2.45) is 5.10 Å². The molecule has 3 rings (SSSR count). The van der Waals surface area contributed by atoms with Crippen molar-refractivity contribution < 1.29 is 18.7 Å². The quantitative estimate of drug-likeness (QED) is 0.249. The summed E-state index contributed by atoms with van der Waals surface area (Å²) >= 11 is 18.2. The summed E-state index contributed by atoms with van der Waals surface area (Å²) in [5.41, 5.74) is 3.23. The number of ether oxygens (including phenoxy) is 1. The first-order chi connectivity index (χ1) is 14.9. The van der Waals surface area contributed by atoms with E-state index in [0.717, 1.165) is 0 Å². The maximum Gasteiger partial charge on any atom is 0.345 e. The number of halogens is 3. The van der Waals surface area contributed by atoms with Gasteiger partial charge in [0.1, 0.15) is 10.6 Å². The van der Waals surface area contributed by atoms with Gasteiger partial charge in [-0.1, -0.05) is 46.9 Å². The van der Waals surface area contributed by atoms with E-state index < -0.39 is 11.9 Å². The van der Waals surface area contributed by atoms with Gasteiger partial charge >= 0.3 is 5.97 Å². The number of hydrogen-bond acceptors (Lipinski definition) is 6. The number of nitrogens with zero attached hydrogens (tertiary/aromatic N) is 1. The number of hydrogen-bond donors (Lipinski definition) is 2. The number of amides is 1. The van der Waals surface area contributed by atoms with E-state index in [1.54, 1.807) is 49.4 Å². The molecule has 0 aliphatic rings. The van der Waals surface area contributed by atoms with Crippen LogP contribution in [-0.4, -0.2) is 24.7 Å². The third-order valence-corrected chi connectivity index (χ3v) is 4.72. The number of hydrazone groups is 1. The molecule has 0 aliphatic heterocycles. The molecule has 2 aromatic carbocycles. The fourth-order valence-electron chi connectivity index (χ4n) is 2.53. The maximum atomic E-state index is 12.4. The molecule has 2 N–H and O–H groups in total. The molecule has 0 unspecified atom stereocenters. The molecule has 31 heavy (non-hydrogen) atoms. The Hall–Kier alpha value is -3.00. The summed E-state index contributed by atoms with van der Waals surface area (Å²) in [6.45, 7) is 1.82. The number of benzene rings is 2. The lowest BCUT2D eigenvalue weighted by atomic mass is 10.2. The lowest BCUT2D eigenvalue weighted by Crippen LogP contribution is -2.17. The minimum atomic E-state index is -0.677. The highest BCUT2D eigenvalue weighted by molar-refractivity contribution is 6.36. The fourth-order valence-corrected chi connectivity index (χ4v) is 3.16. The Morgan fingerprint density at radius 3 is 2.48 bits per heavy atom. The van der Waals surface area contributed by atoms with Gasteiger partial charge < -0.3 is 14.5 Å². The monoisotopic (exact) mass is 479 g/mol. The summed E-state index contributed by atoms with van der Waals surface area (Å²) in [7, 11) is 0. The van der Waals surface area contributed by atoms with Crippen LogP contribution in [0.25, 0.3) is 0 Å². The number of furan rings is 1. The number of nitrogens with one attached hydrogen (secondary N) is 2. The van der Waals surface area contributed by atoms with Gasteiger partial charge in [0, 0.05) is 21.3 Å². The molecular weight excluding hydrogens is 465 g/mol. The molecule has 3 aromatic rings. The van der Waals surface area contributed by atoms with E-state index in [1.165, 1.54) is 12.3 Å². The lowest BCUT2D eigenvalue weighted by Gasteiger charge is -2.06. The van der Waals surface area contributed by atoms with Crippen LogP contribution in [0, 0.1) is 0 Å². The molecule has 0 spiro atoms. The van der Waals surface area contributed by atoms with Crippen LogP contribution in [0.2, 0.25) is 15.1 Å². The predicted octanol–water partition coefficient (Wildman–Crippen LogP) is 5.92. The number of rotatable bonds is 7. The molecule has 1 heterocycles. The van der Waals surface area contributed by atoms with Gasteiger partial charge in [-0.15, -0.1) is 0 Å². The number of esters is 1. The van der Waals surface area contributed by atoms with E-state index in [4.69, 9.17) is 44.0 Å². The van der Waals surface area contributed by atoms with Crippen LogP contribution >= 0.6 is 34.8 Å². The predicted molar refractivity (Wildman–Crippen MR) is 121 cm³/mol. The largest absolute Gasteiger partial charge is 0.462 e. The smallest absolute Gasteiger partial charge is 0.345 e. The van der Waals surface area contributed by atoms with Crippen LogP contribution in [0.5, 0.6) is 0 Å². The third kappa shape index (κ3) is 5.79. The van der Waals surface area contributed by atoms with Crippen molar-refractivity contribution >= 4 is 64.5 Å². The van der Waals surface area contributed by atoms with E-state index in [9.17, 15) is 9.59 Å². The van der Waals surface area contributed by atoms with Gasteiger partial charge in [-0.05, 0) is 43.3 Å². The maximum absolute atomic E-state index is 12.4. The van der Waals surface area contributed by atoms with Crippen molar-refractivity contribution in [3.63, 3.8) is 0 Å². The second kappa shape index (κ2) is 10.3. The van der Waals surface area contributed by atoms with Gasteiger partial charge in [0.2, 0.25) is 5.88 Å². The van der Waals surface area contributed by atoms with Crippen LogP contribution in [0.3, 0.4) is 0 Å². The van der Waals surface area contributed by atoms with Gasteiger partial charge in [0.15, 0.2) is 5.76 Å². The summed E-state index contributed by atoms with van der Waals surface area (Å²) in [4.78, 5) is 24.6. The van der Waals surface area contributed by atoms with E-state index in [0.29, 0.717) is 21.3 Å². The molecule has 0 aliphatic carbocycles. The topological polar surface area (TPSA) is 92.9 Å². The van der Waals surface area contributed by atoms with Gasteiger partial charge in [-0.25, -0.2) is 10.2 Å². The SMILES string of the molecule is CCOC(=O)c1c(Nc2cccc(Cl)c2)oc(/C=N\NC(=O)c2cccc(Cl)c2)c1Cl. The molecule has 0 bridgehead atoms. The van der Waals surface area contributed by atoms with Gasteiger partial charge in [0.25, 0.3) is 5.91 Å². The Bertz CT molecular complexity index is 1140. The first-order valence-corrected chi connectivity index (χ1v) is 10.1. The first-order valence-electron chi connectivity index (χ1n) is 9.00. The van der Waals surface area contributed by atoms with Crippen LogP contribution in [0.1, 0.15) is 33.4 Å². The van der Waals surface area contributed by atoms with Crippen molar-refractivity contribution in [1.82, 2.24) is 5.43 Å². The van der Waals surface area contributed by atoms with E-state index in [2.05, 4.69) is 15.8 Å². The highest BCUT2D eigenvalue weighted by Crippen LogP contribution is 2.34. The molecule has 1 aromatic heterocycles. The highest BCUT2D eigenvalue weighted by Gasteiger charge is 2.25. The fraction of sp³-hybridized carbons (Fsp3) is 0.0952. The molecule has 0 saturated heterocycles. The lowest BCUT2D eigenvalue weighted by molar-refractivity contribution is 0.0527. The zero-order valence-corrected chi connectivity index (χ0v) is 18.4. The van der Waals surface area contributed by atoms with Crippen LogP contribution < -0.4 is 10.7 Å². The van der Waals surface area contributed by atoms with Gasteiger partial charge in [-0.2, -0.15) is 5.10 Å². The third-order valence-electron chi connectivity index (χ3n) is 3.87.